The van der Waals surface area contributed by atoms with Gasteiger partial charge in [-0.05, 0) is 36.3 Å². The van der Waals surface area contributed by atoms with Crippen molar-refractivity contribution in [2.75, 3.05) is 0 Å². The van der Waals surface area contributed by atoms with Gasteiger partial charge in [-0.15, -0.1) is 11.3 Å². The van der Waals surface area contributed by atoms with Gasteiger partial charge in [0.25, 0.3) is 0 Å². The molecular formula is C12H19NS. The zero-order valence-corrected chi connectivity index (χ0v) is 9.65. The average Bonchev–Trinajstić information content (AvgIpc) is 2.75. The van der Waals surface area contributed by atoms with E-state index in [0.29, 0.717) is 0 Å². The lowest BCUT2D eigenvalue weighted by Gasteiger charge is -2.15. The molecule has 0 aliphatic heterocycles. The summed E-state index contributed by atoms with van der Waals surface area (Å²) in [7, 11) is 0. The van der Waals surface area contributed by atoms with Gasteiger partial charge in [0.1, 0.15) is 0 Å². The molecule has 1 aromatic rings. The molecule has 0 bridgehead atoms. The van der Waals surface area contributed by atoms with E-state index in [1.807, 2.05) is 11.3 Å². The van der Waals surface area contributed by atoms with E-state index < -0.39 is 0 Å². The normalized spacial score (nSPS) is 20.1. The fourth-order valence-corrected chi connectivity index (χ4v) is 3.42. The van der Waals surface area contributed by atoms with Gasteiger partial charge in [0.2, 0.25) is 0 Å². The van der Waals surface area contributed by atoms with Crippen molar-refractivity contribution in [3.8, 4) is 0 Å². The van der Waals surface area contributed by atoms with Crippen molar-refractivity contribution in [2.45, 2.75) is 45.1 Å². The van der Waals surface area contributed by atoms with E-state index >= 15 is 0 Å². The van der Waals surface area contributed by atoms with E-state index in [1.165, 1.54) is 42.5 Å². The van der Waals surface area contributed by atoms with Crippen LogP contribution in [-0.4, -0.2) is 0 Å². The van der Waals surface area contributed by atoms with Gasteiger partial charge in [0.15, 0.2) is 0 Å². The first kappa shape index (κ1) is 10.2. The minimum Gasteiger partial charge on any atom is -0.323 e. The summed E-state index contributed by atoms with van der Waals surface area (Å²) in [6.07, 6.45) is 6.83. The van der Waals surface area contributed by atoms with E-state index in [0.717, 1.165) is 5.92 Å². The van der Waals surface area contributed by atoms with Crippen LogP contribution in [0.15, 0.2) is 11.4 Å². The van der Waals surface area contributed by atoms with E-state index in [4.69, 9.17) is 5.73 Å². The number of rotatable bonds is 3. The molecule has 1 fully saturated rings. The van der Waals surface area contributed by atoms with Gasteiger partial charge in [-0.1, -0.05) is 25.7 Å². The van der Waals surface area contributed by atoms with Crippen molar-refractivity contribution in [3.05, 3.63) is 21.9 Å². The summed E-state index contributed by atoms with van der Waals surface area (Å²) in [5.41, 5.74) is 7.61. The molecule has 1 nitrogen and oxygen atoms in total. The minimum atomic E-state index is 0.290. The Hall–Kier alpha value is -0.340. The monoisotopic (exact) mass is 209 g/mol. The molecule has 1 aliphatic rings. The van der Waals surface area contributed by atoms with Crippen LogP contribution in [0.4, 0.5) is 0 Å². The molecule has 1 saturated carbocycles. The molecule has 0 aromatic carbocycles. The number of thiophene rings is 1. The van der Waals surface area contributed by atoms with Gasteiger partial charge < -0.3 is 5.73 Å². The predicted octanol–water partition coefficient (Wildman–Crippen LogP) is 3.64. The summed E-state index contributed by atoms with van der Waals surface area (Å²) in [4.78, 5) is 1.40. The SMILES string of the molecule is Cc1ccsc1C(N)CC1CCCC1. The smallest absolute Gasteiger partial charge is 0.0395 e. The van der Waals surface area contributed by atoms with Gasteiger partial charge in [-0.2, -0.15) is 0 Å². The van der Waals surface area contributed by atoms with E-state index in [9.17, 15) is 0 Å². The highest BCUT2D eigenvalue weighted by molar-refractivity contribution is 7.10. The van der Waals surface area contributed by atoms with Crippen LogP contribution in [0.5, 0.6) is 0 Å². The van der Waals surface area contributed by atoms with Crippen molar-refractivity contribution in [2.24, 2.45) is 11.7 Å². The van der Waals surface area contributed by atoms with Crippen LogP contribution in [0.3, 0.4) is 0 Å². The van der Waals surface area contributed by atoms with Crippen LogP contribution < -0.4 is 5.73 Å². The molecule has 2 heteroatoms. The Morgan fingerprint density at radius 2 is 2.21 bits per heavy atom. The lowest BCUT2D eigenvalue weighted by Crippen LogP contribution is -2.13. The molecule has 1 heterocycles. The molecule has 2 N–H and O–H groups in total. The largest absolute Gasteiger partial charge is 0.323 e. The van der Waals surface area contributed by atoms with Gasteiger partial charge >= 0.3 is 0 Å². The van der Waals surface area contributed by atoms with E-state index in [-0.39, 0.29) is 6.04 Å². The summed E-state index contributed by atoms with van der Waals surface area (Å²) in [5, 5.41) is 2.15. The van der Waals surface area contributed by atoms with Crippen LogP contribution in [0.1, 0.15) is 48.6 Å². The first-order valence-electron chi connectivity index (χ1n) is 5.57. The second kappa shape index (κ2) is 4.45. The topological polar surface area (TPSA) is 26.0 Å². The zero-order chi connectivity index (χ0) is 9.97. The van der Waals surface area contributed by atoms with Crippen LogP contribution in [0, 0.1) is 12.8 Å². The third kappa shape index (κ3) is 2.18. The Morgan fingerprint density at radius 3 is 2.79 bits per heavy atom. The highest BCUT2D eigenvalue weighted by Gasteiger charge is 2.20. The molecule has 0 saturated heterocycles. The lowest BCUT2D eigenvalue weighted by molar-refractivity contribution is 0.453. The van der Waals surface area contributed by atoms with Gasteiger partial charge in [0, 0.05) is 10.9 Å². The van der Waals surface area contributed by atoms with Crippen LogP contribution in [0.25, 0.3) is 0 Å². The Balaban J connectivity index is 1.95. The standard InChI is InChI=1S/C12H19NS/c1-9-6-7-14-12(9)11(13)8-10-4-2-3-5-10/h6-7,10-11H,2-5,8,13H2,1H3. The van der Waals surface area contributed by atoms with Crippen LogP contribution >= 0.6 is 11.3 Å². The Labute approximate surface area is 90.3 Å². The van der Waals surface area contributed by atoms with E-state index in [1.54, 1.807) is 0 Å². The van der Waals surface area contributed by atoms with E-state index in [2.05, 4.69) is 18.4 Å². The fourth-order valence-electron chi connectivity index (χ4n) is 2.48. The maximum absolute atomic E-state index is 6.23. The van der Waals surface area contributed by atoms with Crippen molar-refractivity contribution < 1.29 is 0 Å². The summed E-state index contributed by atoms with van der Waals surface area (Å²) in [6, 6.07) is 2.47. The quantitative estimate of drug-likeness (QED) is 0.808. The second-order valence-electron chi connectivity index (χ2n) is 4.46. The molecule has 1 aliphatic carbocycles. The van der Waals surface area contributed by atoms with Crippen LogP contribution in [-0.2, 0) is 0 Å². The first-order chi connectivity index (χ1) is 6.77. The second-order valence-corrected chi connectivity index (χ2v) is 5.41. The molecule has 1 atom stereocenters. The summed E-state index contributed by atoms with van der Waals surface area (Å²) < 4.78 is 0. The number of aryl methyl sites for hydroxylation is 1. The molecule has 2 rings (SSSR count). The van der Waals surface area contributed by atoms with Crippen molar-refractivity contribution >= 4 is 11.3 Å². The highest BCUT2D eigenvalue weighted by atomic mass is 32.1. The Kier molecular flexibility index (Phi) is 3.24. The molecule has 78 valence electrons. The van der Waals surface area contributed by atoms with Gasteiger partial charge in [-0.3, -0.25) is 0 Å². The third-order valence-electron chi connectivity index (χ3n) is 3.30. The first-order valence-corrected chi connectivity index (χ1v) is 6.45. The number of nitrogens with two attached hydrogens (primary N) is 1. The maximum atomic E-state index is 6.23. The molecule has 0 amide bonds. The maximum Gasteiger partial charge on any atom is 0.0395 e. The summed E-state index contributed by atoms with van der Waals surface area (Å²) >= 11 is 1.82. The summed E-state index contributed by atoms with van der Waals surface area (Å²) in [6.45, 7) is 2.17. The van der Waals surface area contributed by atoms with Gasteiger partial charge in [-0.25, -0.2) is 0 Å². The summed E-state index contributed by atoms with van der Waals surface area (Å²) in [5.74, 6) is 0.895. The molecule has 0 radical (unpaired) electrons. The lowest BCUT2D eigenvalue weighted by atomic mass is 9.97. The van der Waals surface area contributed by atoms with Crippen molar-refractivity contribution in [3.63, 3.8) is 0 Å². The molecule has 1 unspecified atom stereocenters. The number of hydrogen-bond donors (Lipinski definition) is 1. The minimum absolute atomic E-state index is 0.290. The Morgan fingerprint density at radius 1 is 1.50 bits per heavy atom. The van der Waals surface area contributed by atoms with Gasteiger partial charge in [0.05, 0.1) is 0 Å². The predicted molar refractivity (Wildman–Crippen MR) is 62.6 cm³/mol. The molecular weight excluding hydrogens is 190 g/mol. The zero-order valence-electron chi connectivity index (χ0n) is 8.83. The molecule has 1 aromatic heterocycles. The van der Waals surface area contributed by atoms with Crippen molar-refractivity contribution in [1.82, 2.24) is 0 Å². The fraction of sp³-hybridized carbons (Fsp3) is 0.667. The number of hydrogen-bond acceptors (Lipinski definition) is 2. The third-order valence-corrected chi connectivity index (χ3v) is 4.45. The average molecular weight is 209 g/mol. The highest BCUT2D eigenvalue weighted by Crippen LogP contribution is 2.34. The Bertz CT molecular complexity index is 286. The molecule has 0 spiro atoms. The van der Waals surface area contributed by atoms with Crippen LogP contribution in [0.2, 0.25) is 0 Å². The van der Waals surface area contributed by atoms with Crippen molar-refractivity contribution in [1.29, 1.82) is 0 Å². The molecule has 14 heavy (non-hydrogen) atoms.